The summed E-state index contributed by atoms with van der Waals surface area (Å²) < 4.78 is 12.3. The number of benzene rings is 1. The molecule has 4 aliphatic rings. The minimum absolute atomic E-state index is 0.0985. The molecule has 1 unspecified atom stereocenters. The van der Waals surface area contributed by atoms with Crippen LogP contribution in [0.5, 0.6) is 5.75 Å². The minimum Gasteiger partial charge on any atom is -0.494 e. The first kappa shape index (κ1) is 30.3. The van der Waals surface area contributed by atoms with E-state index in [0.717, 1.165) is 50.0 Å². The van der Waals surface area contributed by atoms with Gasteiger partial charge in [0.1, 0.15) is 17.4 Å². The molecule has 9 heteroatoms. The molecule has 0 bridgehead atoms. The van der Waals surface area contributed by atoms with Crippen molar-refractivity contribution in [3.8, 4) is 5.75 Å². The number of carbonyl (C=O) groups is 3. The van der Waals surface area contributed by atoms with Crippen molar-refractivity contribution >= 4 is 23.4 Å². The van der Waals surface area contributed by atoms with Gasteiger partial charge in [-0.2, -0.15) is 0 Å². The molecule has 5 rings (SSSR count). The van der Waals surface area contributed by atoms with Gasteiger partial charge in [-0.1, -0.05) is 56.9 Å². The summed E-state index contributed by atoms with van der Waals surface area (Å²) in [7, 11) is 0. The Morgan fingerprint density at radius 1 is 0.905 bits per heavy atom. The van der Waals surface area contributed by atoms with Crippen molar-refractivity contribution in [2.75, 3.05) is 44.3 Å². The largest absolute Gasteiger partial charge is 0.494 e. The van der Waals surface area contributed by atoms with Crippen LogP contribution in [0.2, 0.25) is 0 Å². The Hall–Kier alpha value is -3.17. The van der Waals surface area contributed by atoms with Crippen LogP contribution in [0, 0.1) is 11.8 Å². The number of anilines is 1. The van der Waals surface area contributed by atoms with Gasteiger partial charge >= 0.3 is 0 Å². The molecule has 0 aromatic heterocycles. The number of hydrogen-bond acceptors (Lipinski definition) is 6. The Morgan fingerprint density at radius 2 is 1.67 bits per heavy atom. The molecule has 1 spiro atoms. The number of ether oxygens (including phenoxy) is 2. The zero-order chi connectivity index (χ0) is 29.7. The quantitative estimate of drug-likeness (QED) is 0.283. The standard InChI is InChI=1S/C33H45N3O6/c1-3-5-8-19-34-20-12-18-33-28(31(39)36(29(33)32(34)40)21-9-6-7-10-23-37)27-26(42-33)13-11-22-35(30(27)38)24-14-16-25(17-15-24)41-4-2/h11-18,26-29,37H,3-10,19-23H2,1-2H3/t26-,27+,28+,29?,33+/m1/s1. The van der Waals surface area contributed by atoms with Crippen molar-refractivity contribution in [3.05, 3.63) is 48.6 Å². The summed E-state index contributed by atoms with van der Waals surface area (Å²) in [4.78, 5) is 48.1. The Balaban J connectivity index is 1.47. The minimum atomic E-state index is -1.20. The van der Waals surface area contributed by atoms with Crippen LogP contribution in [0.15, 0.2) is 48.6 Å². The fourth-order valence-corrected chi connectivity index (χ4v) is 7.05. The SMILES string of the molecule is CCCCCN1CC=C[C@]23O[C@@H]4C=CCN(c5ccc(OCC)cc5)C(=O)[C@@H]4[C@H]2C(=O)N(CCCCCCO)C3C1=O. The lowest BCUT2D eigenvalue weighted by molar-refractivity contribution is -0.147. The molecule has 4 heterocycles. The smallest absolute Gasteiger partial charge is 0.249 e. The second-order valence-electron chi connectivity index (χ2n) is 11.7. The summed E-state index contributed by atoms with van der Waals surface area (Å²) in [6.07, 6.45) is 13.2. The lowest BCUT2D eigenvalue weighted by atomic mass is 9.77. The molecule has 1 N–H and O–H groups in total. The van der Waals surface area contributed by atoms with Gasteiger partial charge < -0.3 is 29.3 Å². The van der Waals surface area contributed by atoms with Gasteiger partial charge in [-0.25, -0.2) is 0 Å². The summed E-state index contributed by atoms with van der Waals surface area (Å²) in [6.45, 7) is 6.64. The Morgan fingerprint density at radius 3 is 2.40 bits per heavy atom. The van der Waals surface area contributed by atoms with Gasteiger partial charge in [0.2, 0.25) is 17.7 Å². The van der Waals surface area contributed by atoms with Gasteiger partial charge in [0.05, 0.1) is 24.5 Å². The van der Waals surface area contributed by atoms with E-state index in [-0.39, 0.29) is 24.3 Å². The van der Waals surface area contributed by atoms with Crippen LogP contribution in [0.3, 0.4) is 0 Å². The van der Waals surface area contributed by atoms with E-state index in [1.165, 1.54) is 0 Å². The first-order chi connectivity index (χ1) is 20.5. The van der Waals surface area contributed by atoms with E-state index in [9.17, 15) is 19.5 Å². The van der Waals surface area contributed by atoms with Crippen molar-refractivity contribution in [1.29, 1.82) is 0 Å². The van der Waals surface area contributed by atoms with Crippen molar-refractivity contribution < 1.29 is 29.0 Å². The number of amides is 3. The number of aliphatic hydroxyl groups excluding tert-OH is 1. The van der Waals surface area contributed by atoms with Crippen molar-refractivity contribution in [2.45, 2.75) is 76.5 Å². The van der Waals surface area contributed by atoms with E-state index in [0.29, 0.717) is 39.2 Å². The van der Waals surface area contributed by atoms with Gasteiger partial charge in [0.15, 0.2) is 0 Å². The second-order valence-corrected chi connectivity index (χ2v) is 11.7. The first-order valence-electron chi connectivity index (χ1n) is 15.7. The lowest BCUT2D eigenvalue weighted by Crippen LogP contribution is -2.55. The van der Waals surface area contributed by atoms with E-state index in [1.54, 1.807) is 9.80 Å². The highest BCUT2D eigenvalue weighted by Gasteiger charge is 2.71. The second kappa shape index (κ2) is 13.4. The summed E-state index contributed by atoms with van der Waals surface area (Å²) >= 11 is 0. The molecular formula is C33H45N3O6. The molecule has 0 radical (unpaired) electrons. The van der Waals surface area contributed by atoms with Crippen LogP contribution in [-0.2, 0) is 19.1 Å². The monoisotopic (exact) mass is 579 g/mol. The summed E-state index contributed by atoms with van der Waals surface area (Å²) in [5, 5.41) is 9.18. The molecule has 4 aliphatic heterocycles. The van der Waals surface area contributed by atoms with Gasteiger partial charge in [-0.3, -0.25) is 14.4 Å². The van der Waals surface area contributed by atoms with Crippen molar-refractivity contribution in [2.24, 2.45) is 11.8 Å². The van der Waals surface area contributed by atoms with Crippen LogP contribution in [0.25, 0.3) is 0 Å². The normalized spacial score (nSPS) is 28.5. The Labute approximate surface area is 249 Å². The van der Waals surface area contributed by atoms with Crippen LogP contribution < -0.4 is 9.64 Å². The van der Waals surface area contributed by atoms with Crippen molar-refractivity contribution in [3.63, 3.8) is 0 Å². The van der Waals surface area contributed by atoms with E-state index in [4.69, 9.17) is 9.47 Å². The summed E-state index contributed by atoms with van der Waals surface area (Å²) in [6, 6.07) is 6.62. The highest BCUT2D eigenvalue weighted by atomic mass is 16.5. The molecule has 5 atom stereocenters. The number of fused-ring (bicyclic) bond motifs is 2. The number of rotatable bonds is 13. The molecule has 1 aromatic carbocycles. The molecule has 0 saturated carbocycles. The lowest BCUT2D eigenvalue weighted by Gasteiger charge is -2.35. The van der Waals surface area contributed by atoms with Crippen molar-refractivity contribution in [1.82, 2.24) is 9.80 Å². The molecule has 9 nitrogen and oxygen atoms in total. The topological polar surface area (TPSA) is 99.6 Å². The fourth-order valence-electron chi connectivity index (χ4n) is 7.05. The average Bonchev–Trinajstić information content (AvgIpc) is 3.30. The predicted molar refractivity (Wildman–Crippen MR) is 160 cm³/mol. The van der Waals surface area contributed by atoms with E-state index in [2.05, 4.69) is 6.92 Å². The molecular weight excluding hydrogens is 534 g/mol. The van der Waals surface area contributed by atoms with E-state index >= 15 is 0 Å². The highest BCUT2D eigenvalue weighted by Crippen LogP contribution is 2.53. The zero-order valence-corrected chi connectivity index (χ0v) is 25.0. The number of aliphatic hydroxyl groups is 1. The maximum absolute atomic E-state index is 14.4. The number of hydrogen-bond donors (Lipinski definition) is 1. The third kappa shape index (κ3) is 5.61. The molecule has 0 aliphatic carbocycles. The van der Waals surface area contributed by atoms with E-state index in [1.807, 2.05) is 60.4 Å². The van der Waals surface area contributed by atoms with Gasteiger partial charge in [0.25, 0.3) is 0 Å². The number of likely N-dealkylation sites (tertiary alicyclic amines) is 1. The third-order valence-electron chi connectivity index (χ3n) is 9.04. The predicted octanol–water partition coefficient (Wildman–Crippen LogP) is 3.71. The fraction of sp³-hybridized carbons (Fsp3) is 0.606. The summed E-state index contributed by atoms with van der Waals surface area (Å²) in [5.41, 5.74) is -0.470. The van der Waals surface area contributed by atoms with Gasteiger partial charge in [0, 0.05) is 38.5 Å². The molecule has 1 aromatic rings. The number of carbonyl (C=O) groups excluding carboxylic acids is 3. The molecule has 3 amide bonds. The van der Waals surface area contributed by atoms with Crippen LogP contribution in [0.1, 0.15) is 58.8 Å². The molecule has 228 valence electrons. The van der Waals surface area contributed by atoms with Crippen LogP contribution >= 0.6 is 0 Å². The van der Waals surface area contributed by atoms with Crippen LogP contribution in [-0.4, -0.2) is 89.8 Å². The first-order valence-corrected chi connectivity index (χ1v) is 15.7. The molecule has 42 heavy (non-hydrogen) atoms. The Bertz CT molecular complexity index is 1180. The third-order valence-corrected chi connectivity index (χ3v) is 9.04. The average molecular weight is 580 g/mol. The van der Waals surface area contributed by atoms with Crippen LogP contribution in [0.4, 0.5) is 5.69 Å². The van der Waals surface area contributed by atoms with Gasteiger partial charge in [-0.15, -0.1) is 0 Å². The maximum atomic E-state index is 14.4. The maximum Gasteiger partial charge on any atom is 0.249 e. The molecule has 2 saturated heterocycles. The highest BCUT2D eigenvalue weighted by molar-refractivity contribution is 6.03. The Kier molecular flexibility index (Phi) is 9.68. The number of nitrogens with zero attached hydrogens (tertiary/aromatic N) is 3. The van der Waals surface area contributed by atoms with Gasteiger partial charge in [-0.05, 0) is 50.5 Å². The molecule has 2 fully saturated rings. The zero-order valence-electron chi connectivity index (χ0n) is 25.0. The number of unbranched alkanes of at least 4 members (excludes halogenated alkanes) is 5. The van der Waals surface area contributed by atoms with E-state index < -0.39 is 29.6 Å². The summed E-state index contributed by atoms with van der Waals surface area (Å²) in [5.74, 6) is -1.25.